The van der Waals surface area contributed by atoms with Crippen molar-refractivity contribution in [3.8, 4) is 16.5 Å². The monoisotopic (exact) mass is 372 g/mol. The summed E-state index contributed by atoms with van der Waals surface area (Å²) < 4.78 is 11.3. The van der Waals surface area contributed by atoms with Gasteiger partial charge in [0.1, 0.15) is 5.75 Å². The lowest BCUT2D eigenvalue weighted by molar-refractivity contribution is 0.411. The second-order valence-corrected chi connectivity index (χ2v) is 8.44. The first kappa shape index (κ1) is 16.7. The van der Waals surface area contributed by atoms with E-state index >= 15 is 0 Å². The van der Waals surface area contributed by atoms with Crippen molar-refractivity contribution in [1.29, 1.82) is 0 Å². The van der Waals surface area contributed by atoms with Crippen molar-refractivity contribution >= 4 is 23.1 Å². The standard InChI is InChI=1S/C19H20N2O2S2/c1-12-7-8-16-14(9-12)10-17(25-16)18-20-21-19(23-18)24-11-13-5-3-4-6-15(13)22-2/h3-6,10,12H,7-9,11H2,1-2H3/t12-/m1/s1. The maximum absolute atomic E-state index is 5.88. The zero-order chi connectivity index (χ0) is 17.2. The largest absolute Gasteiger partial charge is 0.496 e. The van der Waals surface area contributed by atoms with Gasteiger partial charge in [-0.15, -0.1) is 21.5 Å². The highest BCUT2D eigenvalue weighted by atomic mass is 32.2. The van der Waals surface area contributed by atoms with Gasteiger partial charge in [0.05, 0.1) is 12.0 Å². The number of thioether (sulfide) groups is 1. The summed E-state index contributed by atoms with van der Waals surface area (Å²) in [6, 6.07) is 10.2. The highest BCUT2D eigenvalue weighted by Gasteiger charge is 2.21. The molecule has 0 saturated heterocycles. The lowest BCUT2D eigenvalue weighted by atomic mass is 9.90. The second kappa shape index (κ2) is 7.22. The number of para-hydroxylation sites is 1. The molecule has 1 aliphatic rings. The number of benzene rings is 1. The van der Waals surface area contributed by atoms with E-state index in [0.29, 0.717) is 11.1 Å². The Hall–Kier alpha value is -1.79. The van der Waals surface area contributed by atoms with E-state index in [1.807, 2.05) is 18.2 Å². The van der Waals surface area contributed by atoms with Gasteiger partial charge in [-0.05, 0) is 42.9 Å². The first-order valence-electron chi connectivity index (χ1n) is 8.43. The van der Waals surface area contributed by atoms with Gasteiger partial charge < -0.3 is 9.15 Å². The predicted molar refractivity (Wildman–Crippen MR) is 101 cm³/mol. The van der Waals surface area contributed by atoms with Crippen LogP contribution in [0.4, 0.5) is 0 Å². The van der Waals surface area contributed by atoms with Gasteiger partial charge in [-0.3, -0.25) is 0 Å². The molecule has 0 amide bonds. The van der Waals surface area contributed by atoms with E-state index in [4.69, 9.17) is 9.15 Å². The summed E-state index contributed by atoms with van der Waals surface area (Å²) in [6.45, 7) is 2.32. The Kier molecular flexibility index (Phi) is 4.81. The summed E-state index contributed by atoms with van der Waals surface area (Å²) in [5.41, 5.74) is 2.58. The van der Waals surface area contributed by atoms with E-state index in [2.05, 4.69) is 29.3 Å². The quantitative estimate of drug-likeness (QED) is 0.574. The van der Waals surface area contributed by atoms with Gasteiger partial charge in [0.25, 0.3) is 11.1 Å². The summed E-state index contributed by atoms with van der Waals surface area (Å²) in [5, 5.41) is 9.04. The lowest BCUT2D eigenvalue weighted by Crippen LogP contribution is -2.07. The van der Waals surface area contributed by atoms with Crippen LogP contribution in [-0.4, -0.2) is 17.3 Å². The van der Waals surface area contributed by atoms with Crippen LogP contribution in [0.5, 0.6) is 5.75 Å². The molecule has 0 radical (unpaired) electrons. The van der Waals surface area contributed by atoms with E-state index < -0.39 is 0 Å². The third kappa shape index (κ3) is 3.60. The molecule has 1 aliphatic carbocycles. The molecule has 0 fully saturated rings. The van der Waals surface area contributed by atoms with Gasteiger partial charge in [0.2, 0.25) is 0 Å². The van der Waals surface area contributed by atoms with Gasteiger partial charge in [0, 0.05) is 16.2 Å². The highest BCUT2D eigenvalue weighted by Crippen LogP contribution is 2.37. The molecule has 25 heavy (non-hydrogen) atoms. The fraction of sp³-hybridized carbons (Fsp3) is 0.368. The van der Waals surface area contributed by atoms with Crippen molar-refractivity contribution in [2.75, 3.05) is 7.11 Å². The first-order chi connectivity index (χ1) is 12.2. The van der Waals surface area contributed by atoms with Crippen molar-refractivity contribution < 1.29 is 9.15 Å². The molecule has 6 heteroatoms. The zero-order valence-corrected chi connectivity index (χ0v) is 16.0. The lowest BCUT2D eigenvalue weighted by Gasteiger charge is -2.16. The van der Waals surface area contributed by atoms with Crippen LogP contribution >= 0.6 is 23.1 Å². The average Bonchev–Trinajstić information content (AvgIpc) is 3.26. The van der Waals surface area contributed by atoms with E-state index in [1.165, 1.54) is 35.0 Å². The molecular weight excluding hydrogens is 352 g/mol. The fourth-order valence-corrected chi connectivity index (χ4v) is 5.02. The van der Waals surface area contributed by atoms with Crippen LogP contribution in [0.1, 0.15) is 29.3 Å². The third-order valence-electron chi connectivity index (χ3n) is 4.49. The molecule has 1 aromatic carbocycles. The molecule has 0 unspecified atom stereocenters. The molecule has 130 valence electrons. The second-order valence-electron chi connectivity index (χ2n) is 6.38. The van der Waals surface area contributed by atoms with Crippen molar-refractivity contribution in [1.82, 2.24) is 10.2 Å². The number of ether oxygens (including phenoxy) is 1. The fourth-order valence-electron chi connectivity index (χ4n) is 3.14. The summed E-state index contributed by atoms with van der Waals surface area (Å²) >= 11 is 3.34. The number of rotatable bonds is 5. The highest BCUT2D eigenvalue weighted by molar-refractivity contribution is 7.98. The Morgan fingerprint density at radius 2 is 2.20 bits per heavy atom. The van der Waals surface area contributed by atoms with Crippen molar-refractivity contribution in [2.45, 2.75) is 37.2 Å². The Bertz CT molecular complexity index is 872. The number of thiophene rings is 1. The molecule has 4 rings (SSSR count). The number of nitrogens with zero attached hydrogens (tertiary/aromatic N) is 2. The van der Waals surface area contributed by atoms with Gasteiger partial charge in [-0.2, -0.15) is 0 Å². The Morgan fingerprint density at radius 1 is 1.32 bits per heavy atom. The molecule has 0 N–H and O–H groups in total. The number of hydrogen-bond donors (Lipinski definition) is 0. The van der Waals surface area contributed by atoms with Crippen LogP contribution in [0.3, 0.4) is 0 Å². The van der Waals surface area contributed by atoms with E-state index in [1.54, 1.807) is 18.4 Å². The van der Waals surface area contributed by atoms with Crippen LogP contribution in [0.25, 0.3) is 10.8 Å². The van der Waals surface area contributed by atoms with E-state index in [0.717, 1.165) is 34.3 Å². The Morgan fingerprint density at radius 3 is 3.08 bits per heavy atom. The molecule has 0 spiro atoms. The smallest absolute Gasteiger partial charge is 0.277 e. The Labute approximate surface area is 155 Å². The summed E-state index contributed by atoms with van der Waals surface area (Å²) in [4.78, 5) is 2.57. The maximum Gasteiger partial charge on any atom is 0.277 e. The van der Waals surface area contributed by atoms with Crippen molar-refractivity contribution in [3.05, 3.63) is 46.3 Å². The zero-order valence-electron chi connectivity index (χ0n) is 14.3. The first-order valence-corrected chi connectivity index (χ1v) is 10.2. The minimum absolute atomic E-state index is 0.598. The summed E-state index contributed by atoms with van der Waals surface area (Å²) in [5.74, 6) is 3.03. The normalized spacial score (nSPS) is 16.6. The number of methoxy groups -OCH3 is 1. The summed E-state index contributed by atoms with van der Waals surface area (Å²) in [6.07, 6.45) is 3.61. The molecule has 0 saturated carbocycles. The Balaban J connectivity index is 1.47. The van der Waals surface area contributed by atoms with Gasteiger partial charge in [0.15, 0.2) is 0 Å². The van der Waals surface area contributed by atoms with Gasteiger partial charge in [-0.25, -0.2) is 0 Å². The van der Waals surface area contributed by atoms with Gasteiger partial charge >= 0.3 is 0 Å². The topological polar surface area (TPSA) is 48.2 Å². The number of aromatic nitrogens is 2. The van der Waals surface area contributed by atoms with Crippen LogP contribution in [0, 0.1) is 5.92 Å². The minimum atomic E-state index is 0.598. The van der Waals surface area contributed by atoms with Crippen LogP contribution in [0.15, 0.2) is 40.0 Å². The molecule has 0 aliphatic heterocycles. The van der Waals surface area contributed by atoms with Crippen LogP contribution in [-0.2, 0) is 18.6 Å². The number of fused-ring (bicyclic) bond motifs is 1. The van der Waals surface area contributed by atoms with Crippen LogP contribution < -0.4 is 4.74 Å². The maximum atomic E-state index is 5.88. The van der Waals surface area contributed by atoms with Crippen molar-refractivity contribution in [2.24, 2.45) is 5.92 Å². The number of hydrogen-bond acceptors (Lipinski definition) is 6. The van der Waals surface area contributed by atoms with E-state index in [9.17, 15) is 0 Å². The molecule has 4 nitrogen and oxygen atoms in total. The van der Waals surface area contributed by atoms with E-state index in [-0.39, 0.29) is 0 Å². The van der Waals surface area contributed by atoms with Crippen molar-refractivity contribution in [3.63, 3.8) is 0 Å². The molecular formula is C19H20N2O2S2. The summed E-state index contributed by atoms with van der Waals surface area (Å²) in [7, 11) is 1.69. The molecule has 2 heterocycles. The number of aryl methyl sites for hydroxylation is 1. The minimum Gasteiger partial charge on any atom is -0.496 e. The predicted octanol–water partition coefficient (Wildman–Crippen LogP) is 5.22. The SMILES string of the molecule is COc1ccccc1CSc1nnc(-c2cc3c(s2)CC[C@@H](C)C3)o1. The van der Waals surface area contributed by atoms with Crippen LogP contribution in [0.2, 0.25) is 0 Å². The average molecular weight is 373 g/mol. The molecule has 3 aromatic rings. The molecule has 2 aromatic heterocycles. The molecule has 1 atom stereocenters. The van der Waals surface area contributed by atoms with Gasteiger partial charge in [-0.1, -0.05) is 36.9 Å². The molecule has 0 bridgehead atoms. The third-order valence-corrected chi connectivity index (χ3v) is 6.58.